The first-order valence-corrected chi connectivity index (χ1v) is 7.64. The van der Waals surface area contributed by atoms with Gasteiger partial charge < -0.3 is 10.0 Å². The Balaban J connectivity index is 2.15. The van der Waals surface area contributed by atoms with Crippen molar-refractivity contribution < 1.29 is 14.7 Å². The van der Waals surface area contributed by atoms with Crippen LogP contribution >= 0.6 is 0 Å². The average molecular weight is 309 g/mol. The van der Waals surface area contributed by atoms with Gasteiger partial charge in [-0.15, -0.1) is 6.42 Å². The maximum atomic E-state index is 12.7. The lowest BCUT2D eigenvalue weighted by atomic mass is 9.74. The van der Waals surface area contributed by atoms with E-state index in [1.807, 2.05) is 26.0 Å². The number of aliphatic hydroxyl groups is 1. The summed E-state index contributed by atoms with van der Waals surface area (Å²) in [7, 11) is 0. The van der Waals surface area contributed by atoms with Crippen LogP contribution in [0.25, 0.3) is 0 Å². The third kappa shape index (κ3) is 2.43. The molecule has 0 radical (unpaired) electrons. The Bertz CT molecular complexity index is 767. The Morgan fingerprint density at radius 1 is 1.30 bits per heavy atom. The Labute approximate surface area is 135 Å². The molecule has 0 fully saturated rings. The SMILES string of the molecule is C#CCN1C(=O)c2ccccc2C1C1=C(O)CC(C)(C)CC1=O. The molecule has 3 rings (SSSR count). The van der Waals surface area contributed by atoms with Crippen LogP contribution in [-0.2, 0) is 4.79 Å². The van der Waals surface area contributed by atoms with Crippen molar-refractivity contribution in [3.05, 3.63) is 46.7 Å². The summed E-state index contributed by atoms with van der Waals surface area (Å²) in [5, 5.41) is 10.5. The van der Waals surface area contributed by atoms with Gasteiger partial charge in [0.15, 0.2) is 5.78 Å². The van der Waals surface area contributed by atoms with Gasteiger partial charge in [0, 0.05) is 18.4 Å². The molecule has 0 saturated carbocycles. The minimum Gasteiger partial charge on any atom is -0.512 e. The Hall–Kier alpha value is -2.54. The lowest BCUT2D eigenvalue weighted by Crippen LogP contribution is -2.35. The number of carbonyl (C=O) groups is 2. The molecule has 1 N–H and O–H groups in total. The molecule has 0 aromatic heterocycles. The van der Waals surface area contributed by atoms with Crippen LogP contribution in [0.15, 0.2) is 35.6 Å². The second-order valence-electron chi connectivity index (χ2n) is 6.93. The highest BCUT2D eigenvalue weighted by Gasteiger charge is 2.44. The molecule has 0 spiro atoms. The minimum atomic E-state index is -0.585. The Morgan fingerprint density at radius 2 is 2.00 bits per heavy atom. The smallest absolute Gasteiger partial charge is 0.255 e. The van der Waals surface area contributed by atoms with Crippen LogP contribution in [0.4, 0.5) is 0 Å². The van der Waals surface area contributed by atoms with Crippen molar-refractivity contribution in [3.63, 3.8) is 0 Å². The van der Waals surface area contributed by atoms with E-state index in [4.69, 9.17) is 6.42 Å². The number of hydrogen-bond donors (Lipinski definition) is 1. The topological polar surface area (TPSA) is 57.6 Å². The van der Waals surface area contributed by atoms with Gasteiger partial charge in [-0.25, -0.2) is 0 Å². The van der Waals surface area contributed by atoms with E-state index in [-0.39, 0.29) is 29.4 Å². The van der Waals surface area contributed by atoms with Gasteiger partial charge in [-0.1, -0.05) is 38.0 Å². The fourth-order valence-corrected chi connectivity index (χ4v) is 3.55. The molecule has 1 unspecified atom stereocenters. The van der Waals surface area contributed by atoms with Crippen molar-refractivity contribution >= 4 is 11.7 Å². The molecule has 1 amide bonds. The van der Waals surface area contributed by atoms with Crippen molar-refractivity contribution in [2.45, 2.75) is 32.7 Å². The van der Waals surface area contributed by atoms with E-state index < -0.39 is 6.04 Å². The number of carbonyl (C=O) groups excluding carboxylic acids is 2. The van der Waals surface area contributed by atoms with Crippen LogP contribution in [0.1, 0.15) is 48.7 Å². The molecule has 1 aromatic rings. The highest BCUT2D eigenvalue weighted by molar-refractivity contribution is 6.05. The summed E-state index contributed by atoms with van der Waals surface area (Å²) in [6.07, 6.45) is 6.17. The summed E-state index contributed by atoms with van der Waals surface area (Å²) in [5.74, 6) is 2.24. The van der Waals surface area contributed by atoms with Gasteiger partial charge in [-0.2, -0.15) is 0 Å². The third-order valence-electron chi connectivity index (χ3n) is 4.49. The molecule has 2 aliphatic rings. The van der Waals surface area contributed by atoms with E-state index >= 15 is 0 Å². The van der Waals surface area contributed by atoms with Gasteiger partial charge in [0.2, 0.25) is 0 Å². The van der Waals surface area contributed by atoms with Gasteiger partial charge in [-0.3, -0.25) is 9.59 Å². The number of hydrogen-bond acceptors (Lipinski definition) is 3. The molecule has 1 aliphatic carbocycles. The van der Waals surface area contributed by atoms with Gasteiger partial charge in [0.25, 0.3) is 5.91 Å². The molecule has 23 heavy (non-hydrogen) atoms. The van der Waals surface area contributed by atoms with Gasteiger partial charge in [0.1, 0.15) is 5.76 Å². The number of Topliss-reactive ketones (excluding diaryl/α,β-unsaturated/α-hetero) is 1. The van der Waals surface area contributed by atoms with Crippen molar-refractivity contribution in [3.8, 4) is 12.3 Å². The summed E-state index contributed by atoms with van der Waals surface area (Å²) in [4.78, 5) is 26.8. The van der Waals surface area contributed by atoms with E-state index in [9.17, 15) is 14.7 Å². The number of benzene rings is 1. The quantitative estimate of drug-likeness (QED) is 0.854. The molecule has 1 aromatic carbocycles. The highest BCUT2D eigenvalue weighted by atomic mass is 16.3. The average Bonchev–Trinajstić information content (AvgIpc) is 2.72. The standard InChI is InChI=1S/C19H19NO3/c1-4-9-20-17(12-7-5-6-8-13(12)18(20)23)16-14(21)10-19(2,3)11-15(16)22/h1,5-8,17,21H,9-11H2,2-3H3. The van der Waals surface area contributed by atoms with E-state index in [1.54, 1.807) is 12.1 Å². The van der Waals surface area contributed by atoms with E-state index in [1.165, 1.54) is 4.90 Å². The van der Waals surface area contributed by atoms with E-state index in [0.29, 0.717) is 24.0 Å². The highest BCUT2D eigenvalue weighted by Crippen LogP contribution is 2.45. The van der Waals surface area contributed by atoms with Crippen LogP contribution in [-0.4, -0.2) is 28.2 Å². The van der Waals surface area contributed by atoms with Crippen LogP contribution in [0.5, 0.6) is 0 Å². The van der Waals surface area contributed by atoms with Crippen LogP contribution in [0.2, 0.25) is 0 Å². The minimum absolute atomic E-state index is 0.0720. The monoisotopic (exact) mass is 309 g/mol. The number of aliphatic hydroxyl groups excluding tert-OH is 1. The number of amides is 1. The number of terminal acetylenes is 1. The summed E-state index contributed by atoms with van der Waals surface area (Å²) < 4.78 is 0. The van der Waals surface area contributed by atoms with Crippen molar-refractivity contribution in [2.24, 2.45) is 5.41 Å². The summed E-state index contributed by atoms with van der Waals surface area (Å²) in [5.41, 5.74) is 1.33. The van der Waals surface area contributed by atoms with Crippen molar-refractivity contribution in [2.75, 3.05) is 6.54 Å². The molecule has 4 heteroatoms. The molecule has 1 atom stereocenters. The normalized spacial score (nSPS) is 23.0. The van der Waals surface area contributed by atoms with Gasteiger partial charge in [0.05, 0.1) is 18.2 Å². The number of rotatable bonds is 2. The number of nitrogens with zero attached hydrogens (tertiary/aromatic N) is 1. The molecule has 0 saturated heterocycles. The molecular weight excluding hydrogens is 290 g/mol. The van der Waals surface area contributed by atoms with Crippen LogP contribution in [0.3, 0.4) is 0 Å². The van der Waals surface area contributed by atoms with Crippen molar-refractivity contribution in [1.82, 2.24) is 4.90 Å². The number of allylic oxidation sites excluding steroid dienone is 1. The van der Waals surface area contributed by atoms with Gasteiger partial charge in [-0.05, 0) is 17.0 Å². The lowest BCUT2D eigenvalue weighted by Gasteiger charge is -2.34. The van der Waals surface area contributed by atoms with E-state index in [2.05, 4.69) is 5.92 Å². The fraction of sp³-hybridized carbons (Fsp3) is 0.368. The largest absolute Gasteiger partial charge is 0.512 e. The predicted octanol–water partition coefficient (Wildman–Crippen LogP) is 3.02. The molecule has 1 aliphatic heterocycles. The zero-order valence-corrected chi connectivity index (χ0v) is 13.3. The molecule has 118 valence electrons. The molecular formula is C19H19NO3. The molecule has 0 bridgehead atoms. The van der Waals surface area contributed by atoms with Crippen LogP contribution < -0.4 is 0 Å². The number of fused-ring (bicyclic) bond motifs is 1. The van der Waals surface area contributed by atoms with Gasteiger partial charge >= 0.3 is 0 Å². The third-order valence-corrected chi connectivity index (χ3v) is 4.49. The summed E-state index contributed by atoms with van der Waals surface area (Å²) in [6, 6.07) is 6.58. The summed E-state index contributed by atoms with van der Waals surface area (Å²) in [6.45, 7) is 4.00. The number of ketones is 1. The van der Waals surface area contributed by atoms with E-state index in [0.717, 1.165) is 5.56 Å². The molecule has 4 nitrogen and oxygen atoms in total. The zero-order chi connectivity index (χ0) is 16.8. The molecule has 1 heterocycles. The lowest BCUT2D eigenvalue weighted by molar-refractivity contribution is -0.119. The zero-order valence-electron chi connectivity index (χ0n) is 13.3. The Kier molecular flexibility index (Phi) is 3.52. The Morgan fingerprint density at radius 3 is 2.65 bits per heavy atom. The first-order chi connectivity index (χ1) is 10.9. The summed E-state index contributed by atoms with van der Waals surface area (Å²) >= 11 is 0. The maximum absolute atomic E-state index is 12.7. The second-order valence-corrected chi connectivity index (χ2v) is 6.93. The fourth-order valence-electron chi connectivity index (χ4n) is 3.55. The first-order valence-electron chi connectivity index (χ1n) is 7.64. The second kappa shape index (κ2) is 5.27. The first kappa shape index (κ1) is 15.4. The van der Waals surface area contributed by atoms with Crippen LogP contribution in [0, 0.1) is 17.8 Å². The predicted molar refractivity (Wildman–Crippen MR) is 86.7 cm³/mol. The van der Waals surface area contributed by atoms with Crippen molar-refractivity contribution in [1.29, 1.82) is 0 Å². The maximum Gasteiger partial charge on any atom is 0.255 e.